The maximum Gasteiger partial charge on any atom is 0.0619 e. The summed E-state index contributed by atoms with van der Waals surface area (Å²) in [5.74, 6) is 0. The van der Waals surface area contributed by atoms with Crippen LogP contribution in [0.15, 0.2) is 149 Å². The van der Waals surface area contributed by atoms with E-state index < -0.39 is 0 Å². The van der Waals surface area contributed by atoms with Crippen LogP contribution in [0, 0.1) is 0 Å². The van der Waals surface area contributed by atoms with Gasteiger partial charge in [-0.25, -0.2) is 0 Å². The zero-order valence-electron chi connectivity index (χ0n) is 21.6. The van der Waals surface area contributed by atoms with Crippen LogP contribution in [-0.4, -0.2) is 4.57 Å². The van der Waals surface area contributed by atoms with Crippen molar-refractivity contribution < 1.29 is 0 Å². The molecule has 9 rings (SSSR count). The van der Waals surface area contributed by atoms with Crippen molar-refractivity contribution in [2.75, 3.05) is 0 Å². The van der Waals surface area contributed by atoms with Crippen LogP contribution in [0.25, 0.3) is 71.3 Å². The topological polar surface area (TPSA) is 4.93 Å². The van der Waals surface area contributed by atoms with E-state index >= 15 is 0 Å². The second-order valence-corrected chi connectivity index (χ2v) is 11.6. The van der Waals surface area contributed by atoms with Gasteiger partial charge in [-0.1, -0.05) is 115 Å². The van der Waals surface area contributed by atoms with E-state index in [0.717, 1.165) is 0 Å². The fourth-order valence-electron chi connectivity index (χ4n) is 6.54. The van der Waals surface area contributed by atoms with Crippen LogP contribution in [-0.2, 0) is 0 Å². The highest BCUT2D eigenvalue weighted by molar-refractivity contribution is 7.99. The smallest absolute Gasteiger partial charge is 0.0619 e. The monoisotopic (exact) mass is 525 g/mol. The van der Waals surface area contributed by atoms with E-state index in [1.807, 2.05) is 11.8 Å². The van der Waals surface area contributed by atoms with E-state index in [1.165, 1.54) is 81.1 Å². The van der Waals surface area contributed by atoms with Gasteiger partial charge >= 0.3 is 0 Å². The Morgan fingerprint density at radius 3 is 2.10 bits per heavy atom. The SMILES string of the molecule is c1cc2c3c(cccc3c1)-c1cc(-c3ccc(-n4c5ccccc5c5ccc6ccccc6c54)cc3)ccc1S2. The first-order chi connectivity index (χ1) is 19.8. The second kappa shape index (κ2) is 8.35. The van der Waals surface area contributed by atoms with Gasteiger partial charge in [0, 0.05) is 37.0 Å². The lowest BCUT2D eigenvalue weighted by Gasteiger charge is -2.21. The molecule has 1 nitrogen and oxygen atoms in total. The number of hydrogen-bond donors (Lipinski definition) is 0. The quantitative estimate of drug-likeness (QED) is 0.217. The van der Waals surface area contributed by atoms with Crippen LogP contribution >= 0.6 is 11.8 Å². The van der Waals surface area contributed by atoms with Gasteiger partial charge in [0.2, 0.25) is 0 Å². The summed E-state index contributed by atoms with van der Waals surface area (Å²) in [7, 11) is 0. The van der Waals surface area contributed by atoms with Crippen molar-refractivity contribution in [3.8, 4) is 27.9 Å². The van der Waals surface area contributed by atoms with Gasteiger partial charge in [0.15, 0.2) is 0 Å². The molecule has 0 unspecified atom stereocenters. The summed E-state index contributed by atoms with van der Waals surface area (Å²) < 4.78 is 2.43. The summed E-state index contributed by atoms with van der Waals surface area (Å²) >= 11 is 1.88. The van der Waals surface area contributed by atoms with Crippen molar-refractivity contribution in [1.29, 1.82) is 0 Å². The van der Waals surface area contributed by atoms with Gasteiger partial charge in [0.1, 0.15) is 0 Å². The minimum absolute atomic E-state index is 1.18. The molecule has 0 saturated carbocycles. The molecule has 0 saturated heterocycles. The van der Waals surface area contributed by atoms with Gasteiger partial charge in [-0.15, -0.1) is 0 Å². The molecule has 1 aromatic heterocycles. The Balaban J connectivity index is 1.20. The zero-order chi connectivity index (χ0) is 26.2. The predicted octanol–water partition coefficient (Wildman–Crippen LogP) is 10.9. The Hall–Kier alpha value is -4.79. The first-order valence-electron chi connectivity index (χ1n) is 13.7. The van der Waals surface area contributed by atoms with Gasteiger partial charge in [-0.05, 0) is 69.4 Å². The van der Waals surface area contributed by atoms with E-state index in [4.69, 9.17) is 0 Å². The van der Waals surface area contributed by atoms with Gasteiger partial charge in [0.05, 0.1) is 11.0 Å². The Morgan fingerprint density at radius 1 is 0.450 bits per heavy atom. The van der Waals surface area contributed by atoms with Crippen LogP contribution in [0.4, 0.5) is 0 Å². The third kappa shape index (κ3) is 3.11. The van der Waals surface area contributed by atoms with Crippen molar-refractivity contribution in [3.63, 3.8) is 0 Å². The van der Waals surface area contributed by atoms with E-state index in [-0.39, 0.29) is 0 Å². The molecular formula is C38H23NS. The number of rotatable bonds is 2. The number of aromatic nitrogens is 1. The van der Waals surface area contributed by atoms with Gasteiger partial charge in [0.25, 0.3) is 0 Å². The standard InChI is InChI=1S/C38H23NS/c1-2-10-29-25(7-1)17-21-32-30-11-3-4-13-34(30)39(38(29)32)28-19-15-24(16-20-28)27-18-22-35-33(23-27)31-12-5-8-26-9-6-14-36(40-35)37(26)31/h1-23H. The Kier molecular flexibility index (Phi) is 4.61. The van der Waals surface area contributed by atoms with Crippen LogP contribution in [0.5, 0.6) is 0 Å². The molecule has 0 bridgehead atoms. The fraction of sp³-hybridized carbons (Fsp3) is 0. The Labute approximate surface area is 236 Å². The summed E-state index contributed by atoms with van der Waals surface area (Å²) in [4.78, 5) is 2.67. The molecule has 0 spiro atoms. The number of fused-ring (bicyclic) bond motifs is 7. The van der Waals surface area contributed by atoms with Crippen LogP contribution in [0.1, 0.15) is 0 Å². The van der Waals surface area contributed by atoms with E-state index in [9.17, 15) is 0 Å². The normalized spacial score (nSPS) is 12.4. The number of nitrogens with zero attached hydrogens (tertiary/aromatic N) is 1. The van der Waals surface area contributed by atoms with Gasteiger partial charge < -0.3 is 4.57 Å². The molecule has 1 aliphatic heterocycles. The highest BCUT2D eigenvalue weighted by Crippen LogP contribution is 2.48. The lowest BCUT2D eigenvalue weighted by Crippen LogP contribution is -1.95. The molecule has 40 heavy (non-hydrogen) atoms. The average Bonchev–Trinajstić information content (AvgIpc) is 3.36. The summed E-state index contributed by atoms with van der Waals surface area (Å²) in [6, 6.07) is 51.2. The van der Waals surface area contributed by atoms with E-state index in [1.54, 1.807) is 0 Å². The van der Waals surface area contributed by atoms with Gasteiger partial charge in [-0.2, -0.15) is 0 Å². The van der Waals surface area contributed by atoms with Crippen LogP contribution in [0.2, 0.25) is 0 Å². The Morgan fingerprint density at radius 2 is 1.20 bits per heavy atom. The molecule has 0 aliphatic carbocycles. The van der Waals surface area contributed by atoms with Crippen LogP contribution < -0.4 is 0 Å². The molecule has 1 aliphatic rings. The van der Waals surface area contributed by atoms with E-state index in [2.05, 4.69) is 144 Å². The second-order valence-electron chi connectivity index (χ2n) is 10.6. The molecule has 8 aromatic rings. The average molecular weight is 526 g/mol. The molecule has 0 fully saturated rings. The van der Waals surface area contributed by atoms with Crippen molar-refractivity contribution in [2.45, 2.75) is 9.79 Å². The summed E-state index contributed by atoms with van der Waals surface area (Å²) in [5, 5.41) is 7.80. The molecule has 7 aromatic carbocycles. The number of para-hydroxylation sites is 1. The molecule has 2 heteroatoms. The number of benzene rings is 7. The predicted molar refractivity (Wildman–Crippen MR) is 171 cm³/mol. The summed E-state index contributed by atoms with van der Waals surface area (Å²) in [5.41, 5.74) is 8.81. The first kappa shape index (κ1) is 22.1. The van der Waals surface area contributed by atoms with Gasteiger partial charge in [-0.3, -0.25) is 0 Å². The van der Waals surface area contributed by atoms with Crippen molar-refractivity contribution in [2.24, 2.45) is 0 Å². The largest absolute Gasteiger partial charge is 0.309 e. The highest BCUT2D eigenvalue weighted by atomic mass is 32.2. The van der Waals surface area contributed by atoms with Crippen molar-refractivity contribution >= 4 is 55.1 Å². The first-order valence-corrected chi connectivity index (χ1v) is 14.5. The molecule has 0 amide bonds. The zero-order valence-corrected chi connectivity index (χ0v) is 22.5. The summed E-state index contributed by atoms with van der Waals surface area (Å²) in [6.45, 7) is 0. The molecule has 0 radical (unpaired) electrons. The summed E-state index contributed by atoms with van der Waals surface area (Å²) in [6.07, 6.45) is 0. The maximum absolute atomic E-state index is 2.43. The van der Waals surface area contributed by atoms with Crippen molar-refractivity contribution in [1.82, 2.24) is 4.57 Å². The fourth-order valence-corrected chi connectivity index (χ4v) is 7.67. The van der Waals surface area contributed by atoms with Crippen LogP contribution in [0.3, 0.4) is 0 Å². The molecule has 2 heterocycles. The lowest BCUT2D eigenvalue weighted by molar-refractivity contribution is 1.19. The third-order valence-corrected chi connectivity index (χ3v) is 9.51. The maximum atomic E-state index is 2.43. The van der Waals surface area contributed by atoms with Crippen molar-refractivity contribution in [3.05, 3.63) is 140 Å². The molecular weight excluding hydrogens is 502 g/mol. The highest BCUT2D eigenvalue weighted by Gasteiger charge is 2.20. The molecule has 0 atom stereocenters. The minimum Gasteiger partial charge on any atom is -0.309 e. The lowest BCUT2D eigenvalue weighted by atomic mass is 9.94. The third-order valence-electron chi connectivity index (χ3n) is 8.37. The number of hydrogen-bond acceptors (Lipinski definition) is 1. The van der Waals surface area contributed by atoms with E-state index in [0.29, 0.717) is 0 Å². The molecule has 0 N–H and O–H groups in total. The minimum atomic E-state index is 1.18. The Bertz CT molecular complexity index is 2280. The molecule has 186 valence electrons.